The van der Waals surface area contributed by atoms with Crippen LogP contribution >= 0.6 is 0 Å². The summed E-state index contributed by atoms with van der Waals surface area (Å²) in [5.74, 6) is -16.4. The zero-order valence-corrected chi connectivity index (χ0v) is 36.1. The number of benzene rings is 5. The lowest BCUT2D eigenvalue weighted by atomic mass is 9.98. The number of alkyl carbamates (subject to hydrolysis) is 2. The number of hydrogen-bond acceptors (Lipinski definition) is 9. The van der Waals surface area contributed by atoms with Crippen LogP contribution in [0.25, 0.3) is 22.3 Å². The summed E-state index contributed by atoms with van der Waals surface area (Å²) in [7, 11) is 0. The number of aromatic nitrogens is 2. The standard InChI is InChI=1S/C29H19F5N2O4.C23H20N2O4/c30-22-23(31)25(33)27(26(34)24(22)32)40-28(37)21(13-15-9-11-35-12-10-15)36-29(38)39-14-20-18-7-3-1-5-16(18)17-6-2-4-8-19(17)20;26-22(27)21(13-15-9-11-24-12-10-15)25-23(28)29-14-20-18-7-3-1-5-16(18)17-6-2-4-8-19(17)20/h1-12,20-21H,13-14H2,(H,36,38);1-12,20-21H,13-14H2,(H,25,28)(H,26,27). The van der Waals surface area contributed by atoms with Gasteiger partial charge < -0.3 is 30.0 Å². The number of ether oxygens (including phenoxy) is 3. The first-order valence-electron chi connectivity index (χ1n) is 21.4. The molecule has 0 saturated heterocycles. The van der Waals surface area contributed by atoms with E-state index in [9.17, 15) is 46.2 Å². The summed E-state index contributed by atoms with van der Waals surface area (Å²) < 4.78 is 84.3. The molecule has 0 fully saturated rings. The molecule has 2 aliphatic rings. The third kappa shape index (κ3) is 10.4. The average Bonchev–Trinajstić information content (AvgIpc) is 3.87. The minimum absolute atomic E-state index is 0.0726. The lowest BCUT2D eigenvalue weighted by Crippen LogP contribution is -2.45. The maximum absolute atomic E-state index is 14.1. The van der Waals surface area contributed by atoms with Gasteiger partial charge in [0.1, 0.15) is 25.3 Å². The number of carbonyl (C=O) groups excluding carboxylic acids is 3. The summed E-state index contributed by atoms with van der Waals surface area (Å²) in [4.78, 5) is 57.3. The van der Waals surface area contributed by atoms with E-state index in [4.69, 9.17) is 9.47 Å². The van der Waals surface area contributed by atoms with Gasteiger partial charge in [-0.25, -0.2) is 32.3 Å². The predicted molar refractivity (Wildman–Crippen MR) is 239 cm³/mol. The predicted octanol–water partition coefficient (Wildman–Crippen LogP) is 9.45. The largest absolute Gasteiger partial charge is 0.480 e. The molecule has 2 aliphatic carbocycles. The van der Waals surface area contributed by atoms with E-state index < -0.39 is 71.0 Å². The van der Waals surface area contributed by atoms with Crippen LogP contribution < -0.4 is 15.4 Å². The first-order chi connectivity index (χ1) is 33.4. The molecule has 0 radical (unpaired) electrons. The molecule has 17 heteroatoms. The molecule has 9 rings (SSSR count). The molecule has 350 valence electrons. The number of carboxylic acid groups (broad SMARTS) is 1. The average molecular weight is 943 g/mol. The number of fused-ring (bicyclic) bond motifs is 6. The Labute approximate surface area is 390 Å². The fourth-order valence-electron chi connectivity index (χ4n) is 8.31. The van der Waals surface area contributed by atoms with Crippen LogP contribution in [0.3, 0.4) is 0 Å². The van der Waals surface area contributed by atoms with Gasteiger partial charge >= 0.3 is 24.1 Å². The van der Waals surface area contributed by atoms with E-state index in [1.807, 2.05) is 84.9 Å². The maximum Gasteiger partial charge on any atom is 0.407 e. The molecule has 2 heterocycles. The summed E-state index contributed by atoms with van der Waals surface area (Å²) in [6.45, 7) is 0.0377. The molecule has 69 heavy (non-hydrogen) atoms. The van der Waals surface area contributed by atoms with E-state index in [2.05, 4.69) is 37.5 Å². The van der Waals surface area contributed by atoms with E-state index >= 15 is 0 Å². The number of aliphatic carboxylic acids is 1. The zero-order valence-electron chi connectivity index (χ0n) is 36.1. The van der Waals surface area contributed by atoms with Crippen molar-refractivity contribution >= 4 is 24.1 Å². The number of carboxylic acids is 1. The third-order valence-electron chi connectivity index (χ3n) is 11.6. The van der Waals surface area contributed by atoms with Crippen LogP contribution in [-0.4, -0.2) is 64.5 Å². The SMILES string of the molecule is O=C(NC(Cc1ccncc1)C(=O)O)OCC1c2ccccc2-c2ccccc21.O=C(NC(Cc1ccncc1)C(=O)Oc1c(F)c(F)c(F)c(F)c1F)OCC1c2ccccc2-c2ccccc21. The van der Waals surface area contributed by atoms with Gasteiger partial charge in [0.25, 0.3) is 0 Å². The monoisotopic (exact) mass is 942 g/mol. The molecule has 0 saturated carbocycles. The van der Waals surface area contributed by atoms with Gasteiger partial charge in [-0.15, -0.1) is 0 Å². The second-order valence-electron chi connectivity index (χ2n) is 15.8. The highest BCUT2D eigenvalue weighted by atomic mass is 19.2. The van der Waals surface area contributed by atoms with Crippen LogP contribution in [0.5, 0.6) is 5.75 Å². The first-order valence-corrected chi connectivity index (χ1v) is 21.4. The number of nitrogens with one attached hydrogen (secondary N) is 2. The van der Waals surface area contributed by atoms with Crippen molar-refractivity contribution in [1.29, 1.82) is 0 Å². The molecule has 7 aromatic rings. The van der Waals surface area contributed by atoms with Gasteiger partial charge in [-0.3, -0.25) is 9.97 Å². The Balaban J connectivity index is 0.000000196. The van der Waals surface area contributed by atoms with Crippen molar-refractivity contribution in [2.24, 2.45) is 0 Å². The Morgan fingerprint density at radius 3 is 1.20 bits per heavy atom. The fraction of sp³-hybridized carbons (Fsp3) is 0.154. The number of nitrogens with zero attached hydrogens (tertiary/aromatic N) is 2. The van der Waals surface area contributed by atoms with Crippen molar-refractivity contribution in [3.63, 3.8) is 0 Å². The van der Waals surface area contributed by atoms with Crippen LogP contribution in [0.15, 0.2) is 146 Å². The molecule has 2 aromatic heterocycles. The van der Waals surface area contributed by atoms with Gasteiger partial charge in [-0.05, 0) is 79.9 Å². The van der Waals surface area contributed by atoms with Gasteiger partial charge in [0.05, 0.1) is 0 Å². The van der Waals surface area contributed by atoms with E-state index in [1.165, 1.54) is 24.5 Å². The Kier molecular flexibility index (Phi) is 14.3. The maximum atomic E-state index is 14.1. The minimum atomic E-state index is -2.40. The number of pyridine rings is 2. The molecule has 0 spiro atoms. The Bertz CT molecular complexity index is 2920. The summed E-state index contributed by atoms with van der Waals surface area (Å²) in [6.07, 6.45) is 4.06. The molecular formula is C52H39F5N4O8. The van der Waals surface area contributed by atoms with Crippen molar-refractivity contribution in [2.45, 2.75) is 36.8 Å². The molecule has 2 unspecified atom stereocenters. The lowest BCUT2D eigenvalue weighted by Gasteiger charge is -2.19. The van der Waals surface area contributed by atoms with Crippen molar-refractivity contribution in [1.82, 2.24) is 20.6 Å². The molecule has 0 bridgehead atoms. The summed E-state index contributed by atoms with van der Waals surface area (Å²) >= 11 is 0. The van der Waals surface area contributed by atoms with Gasteiger partial charge in [0, 0.05) is 49.5 Å². The molecule has 2 atom stereocenters. The highest BCUT2D eigenvalue weighted by molar-refractivity contribution is 5.84. The summed E-state index contributed by atoms with van der Waals surface area (Å²) in [5.41, 5.74) is 9.58. The third-order valence-corrected chi connectivity index (χ3v) is 11.6. The first kappa shape index (κ1) is 47.0. The number of esters is 1. The topological polar surface area (TPSA) is 166 Å². The van der Waals surface area contributed by atoms with E-state index in [0.29, 0.717) is 5.56 Å². The summed E-state index contributed by atoms with van der Waals surface area (Å²) in [5, 5.41) is 14.2. The quantitative estimate of drug-likeness (QED) is 0.0333. The number of carbonyl (C=O) groups is 4. The van der Waals surface area contributed by atoms with Crippen LogP contribution in [0.4, 0.5) is 31.5 Å². The molecular weight excluding hydrogens is 904 g/mol. The van der Waals surface area contributed by atoms with Crippen LogP contribution in [0.2, 0.25) is 0 Å². The van der Waals surface area contributed by atoms with Gasteiger partial charge in [0.2, 0.25) is 34.8 Å². The highest BCUT2D eigenvalue weighted by Crippen LogP contribution is 2.45. The summed E-state index contributed by atoms with van der Waals surface area (Å²) in [6, 6.07) is 35.1. The van der Waals surface area contributed by atoms with Crippen LogP contribution in [0.1, 0.15) is 45.2 Å². The van der Waals surface area contributed by atoms with Crippen LogP contribution in [0, 0.1) is 29.1 Å². The second kappa shape index (κ2) is 21.0. The van der Waals surface area contributed by atoms with Crippen molar-refractivity contribution < 1.29 is 60.4 Å². The Hall–Kier alpha value is -8.47. The minimum Gasteiger partial charge on any atom is -0.480 e. The fourth-order valence-corrected chi connectivity index (χ4v) is 8.31. The van der Waals surface area contributed by atoms with Gasteiger partial charge in [-0.1, -0.05) is 97.1 Å². The van der Waals surface area contributed by atoms with E-state index in [1.54, 1.807) is 24.5 Å². The zero-order chi connectivity index (χ0) is 48.6. The number of rotatable bonds is 13. The normalized spacial score (nSPS) is 13.0. The second-order valence-corrected chi connectivity index (χ2v) is 15.8. The number of halogens is 5. The van der Waals surface area contributed by atoms with E-state index in [-0.39, 0.29) is 37.9 Å². The highest BCUT2D eigenvalue weighted by Gasteiger charge is 2.34. The molecule has 5 aromatic carbocycles. The van der Waals surface area contributed by atoms with Gasteiger partial charge in [0.15, 0.2) is 0 Å². The molecule has 3 N–H and O–H groups in total. The van der Waals surface area contributed by atoms with Crippen molar-refractivity contribution in [3.05, 3.63) is 209 Å². The number of amides is 2. The van der Waals surface area contributed by atoms with Crippen molar-refractivity contribution in [2.75, 3.05) is 13.2 Å². The molecule has 12 nitrogen and oxygen atoms in total. The van der Waals surface area contributed by atoms with Crippen LogP contribution in [-0.2, 0) is 31.9 Å². The van der Waals surface area contributed by atoms with Crippen molar-refractivity contribution in [3.8, 4) is 28.0 Å². The molecule has 2 amide bonds. The van der Waals surface area contributed by atoms with E-state index in [0.717, 1.165) is 50.1 Å². The molecule has 0 aliphatic heterocycles. The number of hydrogen-bond donors (Lipinski definition) is 3. The lowest BCUT2D eigenvalue weighted by molar-refractivity contribution is -0.139. The van der Waals surface area contributed by atoms with Gasteiger partial charge in [-0.2, -0.15) is 8.78 Å². The Morgan fingerprint density at radius 2 is 0.826 bits per heavy atom. The smallest absolute Gasteiger partial charge is 0.407 e. The Morgan fingerprint density at radius 1 is 0.493 bits per heavy atom.